The molecule has 0 radical (unpaired) electrons. The van der Waals surface area contributed by atoms with Gasteiger partial charge in [0.15, 0.2) is 0 Å². The molecular formula is C16H23N3O3. The number of rotatable bonds is 4. The molecule has 1 N–H and O–H groups in total. The lowest BCUT2D eigenvalue weighted by Crippen LogP contribution is -2.52. The van der Waals surface area contributed by atoms with Gasteiger partial charge in [0.2, 0.25) is 0 Å². The van der Waals surface area contributed by atoms with Crippen molar-refractivity contribution in [1.29, 1.82) is 0 Å². The van der Waals surface area contributed by atoms with Crippen molar-refractivity contribution in [2.24, 2.45) is 0 Å². The van der Waals surface area contributed by atoms with Gasteiger partial charge in [0.05, 0.1) is 6.61 Å². The molecule has 0 unspecified atom stereocenters. The fourth-order valence-electron chi connectivity index (χ4n) is 2.46. The number of carbonyl (C=O) groups excluding carboxylic acids is 2. The van der Waals surface area contributed by atoms with Crippen LogP contribution in [0.2, 0.25) is 0 Å². The zero-order valence-corrected chi connectivity index (χ0v) is 12.9. The van der Waals surface area contributed by atoms with E-state index < -0.39 is 11.8 Å². The summed E-state index contributed by atoms with van der Waals surface area (Å²) in [6.07, 6.45) is 0. The lowest BCUT2D eigenvalue weighted by Gasteiger charge is -2.33. The van der Waals surface area contributed by atoms with Gasteiger partial charge < -0.3 is 19.8 Å². The maximum atomic E-state index is 12.4. The van der Waals surface area contributed by atoms with E-state index >= 15 is 0 Å². The molecule has 1 aliphatic rings. The molecule has 0 aromatic heterocycles. The van der Waals surface area contributed by atoms with E-state index in [2.05, 4.69) is 4.90 Å². The van der Waals surface area contributed by atoms with Gasteiger partial charge in [-0.15, -0.1) is 0 Å². The lowest BCUT2D eigenvalue weighted by molar-refractivity contribution is -0.153. The highest BCUT2D eigenvalue weighted by Crippen LogP contribution is 2.07. The Bertz CT molecular complexity index is 499. The Balaban J connectivity index is 2.00. The highest BCUT2D eigenvalue weighted by Gasteiger charge is 2.28. The van der Waals surface area contributed by atoms with Crippen LogP contribution in [-0.2, 0) is 16.1 Å². The van der Waals surface area contributed by atoms with Crippen molar-refractivity contribution >= 4 is 11.8 Å². The summed E-state index contributed by atoms with van der Waals surface area (Å²) in [6.45, 7) is 3.02. The van der Waals surface area contributed by atoms with Crippen molar-refractivity contribution < 1.29 is 14.7 Å². The lowest BCUT2D eigenvalue weighted by atomic mass is 10.2. The van der Waals surface area contributed by atoms with Crippen LogP contribution in [-0.4, -0.2) is 78.0 Å². The third-order valence-corrected chi connectivity index (χ3v) is 3.85. The van der Waals surface area contributed by atoms with E-state index in [0.717, 1.165) is 18.7 Å². The number of amides is 2. The predicted octanol–water partition coefficient (Wildman–Crippen LogP) is -0.218. The third kappa shape index (κ3) is 4.29. The molecule has 1 aliphatic heterocycles. The maximum absolute atomic E-state index is 12.4. The Morgan fingerprint density at radius 2 is 1.77 bits per heavy atom. The molecule has 120 valence electrons. The van der Waals surface area contributed by atoms with E-state index in [0.29, 0.717) is 19.6 Å². The molecule has 0 aliphatic carbocycles. The monoisotopic (exact) mass is 305 g/mol. The van der Waals surface area contributed by atoms with Crippen LogP contribution in [0.4, 0.5) is 0 Å². The Morgan fingerprint density at radius 1 is 1.14 bits per heavy atom. The number of likely N-dealkylation sites (N-methyl/N-ethyl adjacent to an activating group) is 1. The number of benzene rings is 1. The summed E-state index contributed by atoms with van der Waals surface area (Å²) in [5.41, 5.74) is 0.940. The second-order valence-corrected chi connectivity index (χ2v) is 5.53. The maximum Gasteiger partial charge on any atom is 0.312 e. The normalized spacial score (nSPS) is 15.6. The number of hydrogen-bond acceptors (Lipinski definition) is 4. The minimum Gasteiger partial charge on any atom is -0.395 e. The average Bonchev–Trinajstić information content (AvgIpc) is 2.55. The smallest absolute Gasteiger partial charge is 0.312 e. The van der Waals surface area contributed by atoms with Gasteiger partial charge in [0, 0.05) is 39.3 Å². The van der Waals surface area contributed by atoms with Gasteiger partial charge in [-0.25, -0.2) is 0 Å². The summed E-state index contributed by atoms with van der Waals surface area (Å²) in [7, 11) is 2.00. The molecule has 1 heterocycles. The summed E-state index contributed by atoms with van der Waals surface area (Å²) < 4.78 is 0. The Hall–Kier alpha value is -1.92. The van der Waals surface area contributed by atoms with Crippen molar-refractivity contribution in [3.05, 3.63) is 35.9 Å². The van der Waals surface area contributed by atoms with Gasteiger partial charge in [-0.05, 0) is 12.6 Å². The van der Waals surface area contributed by atoms with E-state index in [1.165, 1.54) is 4.90 Å². The number of aliphatic hydroxyl groups is 1. The molecule has 6 nitrogen and oxygen atoms in total. The highest BCUT2D eigenvalue weighted by atomic mass is 16.3. The molecular weight excluding hydrogens is 282 g/mol. The zero-order valence-electron chi connectivity index (χ0n) is 12.9. The van der Waals surface area contributed by atoms with Gasteiger partial charge in [0.25, 0.3) is 0 Å². The van der Waals surface area contributed by atoms with Crippen LogP contribution in [0, 0.1) is 0 Å². The van der Waals surface area contributed by atoms with Crippen LogP contribution >= 0.6 is 0 Å². The van der Waals surface area contributed by atoms with E-state index in [1.807, 2.05) is 37.4 Å². The van der Waals surface area contributed by atoms with Crippen LogP contribution in [0.1, 0.15) is 5.56 Å². The SMILES string of the molecule is CN1CCN(C(=O)C(=O)N(CCO)Cc2ccccc2)CC1. The highest BCUT2D eigenvalue weighted by molar-refractivity contribution is 6.34. The summed E-state index contributed by atoms with van der Waals surface area (Å²) in [4.78, 5) is 29.9. The summed E-state index contributed by atoms with van der Waals surface area (Å²) in [5, 5.41) is 9.16. The van der Waals surface area contributed by atoms with Crippen molar-refractivity contribution in [2.75, 3.05) is 46.4 Å². The molecule has 0 spiro atoms. The first kappa shape index (κ1) is 16.5. The van der Waals surface area contributed by atoms with Crippen LogP contribution in [0.5, 0.6) is 0 Å². The topological polar surface area (TPSA) is 64.1 Å². The van der Waals surface area contributed by atoms with Crippen LogP contribution in [0.3, 0.4) is 0 Å². The number of piperazine rings is 1. The fraction of sp³-hybridized carbons (Fsp3) is 0.500. The average molecular weight is 305 g/mol. The molecule has 1 saturated heterocycles. The van der Waals surface area contributed by atoms with E-state index in [4.69, 9.17) is 5.11 Å². The third-order valence-electron chi connectivity index (χ3n) is 3.85. The molecule has 0 bridgehead atoms. The van der Waals surface area contributed by atoms with Crippen LogP contribution < -0.4 is 0 Å². The number of carbonyl (C=O) groups is 2. The largest absolute Gasteiger partial charge is 0.395 e. The van der Waals surface area contributed by atoms with Gasteiger partial charge >= 0.3 is 11.8 Å². The number of hydrogen-bond donors (Lipinski definition) is 1. The molecule has 22 heavy (non-hydrogen) atoms. The van der Waals surface area contributed by atoms with Gasteiger partial charge in [-0.3, -0.25) is 9.59 Å². The second-order valence-electron chi connectivity index (χ2n) is 5.53. The van der Waals surface area contributed by atoms with Gasteiger partial charge in [-0.2, -0.15) is 0 Å². The standard InChI is InChI=1S/C16H23N3O3/c1-17-7-9-18(10-8-17)15(21)16(22)19(11-12-20)13-14-5-3-2-4-6-14/h2-6,20H,7-13H2,1H3. The molecule has 1 fully saturated rings. The molecule has 6 heteroatoms. The first-order chi connectivity index (χ1) is 10.6. The van der Waals surface area contributed by atoms with Crippen molar-refractivity contribution in [1.82, 2.24) is 14.7 Å². The summed E-state index contributed by atoms with van der Waals surface area (Å²) >= 11 is 0. The Morgan fingerprint density at radius 3 is 2.36 bits per heavy atom. The Labute approximate surface area is 130 Å². The van der Waals surface area contributed by atoms with Gasteiger partial charge in [-0.1, -0.05) is 30.3 Å². The quantitative estimate of drug-likeness (QED) is 0.781. The van der Waals surface area contributed by atoms with Crippen molar-refractivity contribution in [2.45, 2.75) is 6.54 Å². The van der Waals surface area contributed by atoms with Crippen LogP contribution in [0.25, 0.3) is 0 Å². The minimum atomic E-state index is -0.539. The number of aliphatic hydroxyl groups excluding tert-OH is 1. The molecule has 0 saturated carbocycles. The first-order valence-electron chi connectivity index (χ1n) is 7.53. The minimum absolute atomic E-state index is 0.158. The molecule has 1 aromatic rings. The predicted molar refractivity (Wildman–Crippen MR) is 83.0 cm³/mol. The summed E-state index contributed by atoms with van der Waals surface area (Å²) in [6, 6.07) is 9.48. The van der Waals surface area contributed by atoms with Gasteiger partial charge in [0.1, 0.15) is 0 Å². The zero-order chi connectivity index (χ0) is 15.9. The van der Waals surface area contributed by atoms with Crippen molar-refractivity contribution in [3.63, 3.8) is 0 Å². The second kappa shape index (κ2) is 7.91. The fourth-order valence-corrected chi connectivity index (χ4v) is 2.46. The number of nitrogens with zero attached hydrogens (tertiary/aromatic N) is 3. The Kier molecular flexibility index (Phi) is 5.91. The van der Waals surface area contributed by atoms with Crippen molar-refractivity contribution in [3.8, 4) is 0 Å². The van der Waals surface area contributed by atoms with E-state index in [1.54, 1.807) is 4.90 Å². The van der Waals surface area contributed by atoms with E-state index in [-0.39, 0.29) is 13.2 Å². The molecule has 2 amide bonds. The van der Waals surface area contributed by atoms with Crippen LogP contribution in [0.15, 0.2) is 30.3 Å². The molecule has 2 rings (SSSR count). The first-order valence-corrected chi connectivity index (χ1v) is 7.53. The molecule has 1 aromatic carbocycles. The molecule has 0 atom stereocenters. The summed E-state index contributed by atoms with van der Waals surface area (Å²) in [5.74, 6) is -1.01. The van der Waals surface area contributed by atoms with E-state index in [9.17, 15) is 9.59 Å².